The number of nitrogens with two attached hydrogens (primary N) is 1. The molecule has 0 bridgehead atoms. The van der Waals surface area contributed by atoms with Crippen LogP contribution in [0.3, 0.4) is 0 Å². The van der Waals surface area contributed by atoms with E-state index in [1.165, 1.54) is 11.3 Å². The number of thiazole rings is 1. The molecular weight excluding hydrogens is 332 g/mol. The van der Waals surface area contributed by atoms with Gasteiger partial charge in [0.25, 0.3) is 5.91 Å². The highest BCUT2D eigenvalue weighted by molar-refractivity contribution is 7.13. The van der Waals surface area contributed by atoms with Crippen LogP contribution in [0.25, 0.3) is 10.7 Å². The number of aliphatic hydroxyl groups excluding tert-OH is 1. The van der Waals surface area contributed by atoms with Gasteiger partial charge in [-0.15, -0.1) is 11.3 Å². The standard InChI is InChI=1S/C11H9N7OS.C2H7NO/c1-6-3-2-4-7(12-6)10-13-8(5-20-10)9(19)14-11-15-17-18-16-11;3-1-2-4/h2-5H,1H3,(H2,14,15,16,17,18,19);4H,1-3H2. The van der Waals surface area contributed by atoms with Gasteiger partial charge in [0.2, 0.25) is 5.95 Å². The maximum atomic E-state index is 11.9. The number of nitrogens with one attached hydrogen (secondary N) is 2. The number of nitrogens with zero attached hydrogens (tertiary/aromatic N) is 5. The molecule has 11 heteroatoms. The van der Waals surface area contributed by atoms with Gasteiger partial charge in [-0.2, -0.15) is 0 Å². The van der Waals surface area contributed by atoms with Gasteiger partial charge in [-0.3, -0.25) is 15.1 Å². The number of hydrogen-bond acceptors (Lipinski definition) is 9. The van der Waals surface area contributed by atoms with Gasteiger partial charge in [0.05, 0.1) is 12.3 Å². The third kappa shape index (κ3) is 4.87. The molecule has 0 atom stereocenters. The lowest BCUT2D eigenvalue weighted by atomic mass is 10.3. The average molecular weight is 348 g/mol. The van der Waals surface area contributed by atoms with Crippen molar-refractivity contribution in [1.29, 1.82) is 0 Å². The Balaban J connectivity index is 0.000000471. The van der Waals surface area contributed by atoms with Gasteiger partial charge in [-0.1, -0.05) is 11.2 Å². The quantitative estimate of drug-likeness (QED) is 0.521. The molecule has 0 radical (unpaired) electrons. The zero-order valence-corrected chi connectivity index (χ0v) is 13.6. The van der Waals surface area contributed by atoms with Gasteiger partial charge in [0.15, 0.2) is 0 Å². The Morgan fingerprint density at radius 1 is 1.42 bits per heavy atom. The van der Waals surface area contributed by atoms with Crippen LogP contribution in [0.15, 0.2) is 23.6 Å². The summed E-state index contributed by atoms with van der Waals surface area (Å²) < 4.78 is 0. The summed E-state index contributed by atoms with van der Waals surface area (Å²) in [5.41, 5.74) is 6.72. The second-order valence-electron chi connectivity index (χ2n) is 4.42. The molecule has 3 rings (SSSR count). The van der Waals surface area contributed by atoms with Crippen LogP contribution in [0.2, 0.25) is 0 Å². The maximum Gasteiger partial charge on any atom is 0.277 e. The van der Waals surface area contributed by atoms with Crippen molar-refractivity contribution in [3.05, 3.63) is 35.0 Å². The molecule has 0 aromatic carbocycles. The number of H-pyrrole nitrogens is 1. The van der Waals surface area contributed by atoms with Crippen LogP contribution in [0, 0.1) is 6.92 Å². The minimum atomic E-state index is -0.376. The molecule has 0 aliphatic rings. The fraction of sp³-hybridized carbons (Fsp3) is 0.231. The van der Waals surface area contributed by atoms with E-state index < -0.39 is 0 Å². The summed E-state index contributed by atoms with van der Waals surface area (Å²) in [5, 5.41) is 25.4. The predicted molar refractivity (Wildman–Crippen MR) is 88.4 cm³/mol. The summed E-state index contributed by atoms with van der Waals surface area (Å²) in [6.45, 7) is 2.38. The van der Waals surface area contributed by atoms with Crippen molar-refractivity contribution in [1.82, 2.24) is 30.6 Å². The van der Waals surface area contributed by atoms with Gasteiger partial charge in [-0.05, 0) is 29.5 Å². The first kappa shape index (κ1) is 17.6. The Hall–Kier alpha value is -2.76. The second-order valence-corrected chi connectivity index (χ2v) is 5.28. The molecule has 0 saturated carbocycles. The SMILES string of the molecule is Cc1cccc(-c2nc(C(=O)Nc3nnn[nH]3)cs2)n1.NCCO. The van der Waals surface area contributed by atoms with Gasteiger partial charge in [0, 0.05) is 17.6 Å². The van der Waals surface area contributed by atoms with Gasteiger partial charge < -0.3 is 10.8 Å². The van der Waals surface area contributed by atoms with E-state index in [1.54, 1.807) is 5.38 Å². The average Bonchev–Trinajstić information content (AvgIpc) is 3.26. The fourth-order valence-corrected chi connectivity index (χ4v) is 2.31. The Bertz CT molecular complexity index is 772. The van der Waals surface area contributed by atoms with Crippen molar-refractivity contribution in [3.63, 3.8) is 0 Å². The number of hydrogen-bond donors (Lipinski definition) is 4. The Labute approximate surface area is 141 Å². The third-order valence-corrected chi connectivity index (χ3v) is 3.42. The van der Waals surface area contributed by atoms with E-state index in [4.69, 9.17) is 10.8 Å². The van der Waals surface area contributed by atoms with Crippen LogP contribution < -0.4 is 11.1 Å². The predicted octanol–water partition coefficient (Wildman–Crippen LogP) is 0.216. The number of pyridine rings is 1. The third-order valence-electron chi connectivity index (χ3n) is 2.55. The van der Waals surface area contributed by atoms with Crippen molar-refractivity contribution in [2.24, 2.45) is 5.73 Å². The van der Waals surface area contributed by atoms with Gasteiger partial charge in [-0.25, -0.2) is 10.1 Å². The van der Waals surface area contributed by atoms with Gasteiger partial charge in [0.1, 0.15) is 10.7 Å². The molecule has 5 N–H and O–H groups in total. The summed E-state index contributed by atoms with van der Waals surface area (Å²) in [7, 11) is 0. The minimum absolute atomic E-state index is 0.0972. The highest BCUT2D eigenvalue weighted by Gasteiger charge is 2.14. The fourth-order valence-electron chi connectivity index (χ4n) is 1.54. The summed E-state index contributed by atoms with van der Waals surface area (Å²) in [5.74, 6) is -0.197. The van der Waals surface area contributed by atoms with Crippen LogP contribution >= 0.6 is 11.3 Å². The molecule has 0 saturated heterocycles. The van der Waals surface area contributed by atoms with Crippen LogP contribution in [0.4, 0.5) is 5.95 Å². The lowest BCUT2D eigenvalue weighted by Gasteiger charge is -1.97. The highest BCUT2D eigenvalue weighted by Crippen LogP contribution is 2.22. The number of anilines is 1. The number of aryl methyl sites for hydroxylation is 1. The molecule has 1 amide bonds. The number of aromatic nitrogens is 6. The highest BCUT2D eigenvalue weighted by atomic mass is 32.1. The normalized spacial score (nSPS) is 9.96. The van der Waals surface area contributed by atoms with Crippen molar-refractivity contribution < 1.29 is 9.90 Å². The van der Waals surface area contributed by atoms with E-state index in [9.17, 15) is 4.79 Å². The van der Waals surface area contributed by atoms with Crippen LogP contribution in [0.1, 0.15) is 16.2 Å². The maximum absolute atomic E-state index is 11.9. The molecule has 126 valence electrons. The van der Waals surface area contributed by atoms with Crippen molar-refractivity contribution in [3.8, 4) is 10.7 Å². The van der Waals surface area contributed by atoms with E-state index in [2.05, 4.69) is 35.9 Å². The van der Waals surface area contributed by atoms with E-state index in [-0.39, 0.29) is 18.5 Å². The van der Waals surface area contributed by atoms with Crippen molar-refractivity contribution >= 4 is 23.2 Å². The Kier molecular flexibility index (Phi) is 6.42. The van der Waals surface area contributed by atoms with E-state index in [1.807, 2.05) is 25.1 Å². The van der Waals surface area contributed by atoms with Crippen molar-refractivity contribution in [2.75, 3.05) is 18.5 Å². The smallest absolute Gasteiger partial charge is 0.277 e. The largest absolute Gasteiger partial charge is 0.395 e. The molecule has 0 unspecified atom stereocenters. The van der Waals surface area contributed by atoms with Crippen LogP contribution in [-0.4, -0.2) is 54.8 Å². The second kappa shape index (κ2) is 8.76. The number of aromatic amines is 1. The number of amides is 1. The Morgan fingerprint density at radius 3 is 2.83 bits per heavy atom. The molecule has 24 heavy (non-hydrogen) atoms. The van der Waals surface area contributed by atoms with E-state index >= 15 is 0 Å². The summed E-state index contributed by atoms with van der Waals surface area (Å²) in [4.78, 5) is 20.6. The molecule has 0 aliphatic heterocycles. The monoisotopic (exact) mass is 348 g/mol. The molecule has 3 aromatic rings. The molecule has 3 heterocycles. The molecular formula is C13H16N8O2S. The molecule has 10 nitrogen and oxygen atoms in total. The molecule has 0 fully saturated rings. The zero-order chi connectivity index (χ0) is 17.4. The lowest BCUT2D eigenvalue weighted by Crippen LogP contribution is -2.13. The Morgan fingerprint density at radius 2 is 2.21 bits per heavy atom. The topological polar surface area (TPSA) is 156 Å². The van der Waals surface area contributed by atoms with Crippen LogP contribution in [-0.2, 0) is 0 Å². The molecule has 0 spiro atoms. The number of carbonyl (C=O) groups is 1. The summed E-state index contributed by atoms with van der Waals surface area (Å²) in [6.07, 6.45) is 0. The van der Waals surface area contributed by atoms with E-state index in [0.29, 0.717) is 17.2 Å². The first-order valence-corrected chi connectivity index (χ1v) is 7.77. The number of rotatable bonds is 4. The molecule has 3 aromatic heterocycles. The first-order chi connectivity index (χ1) is 11.6. The molecule has 0 aliphatic carbocycles. The summed E-state index contributed by atoms with van der Waals surface area (Å²) in [6, 6.07) is 5.66. The van der Waals surface area contributed by atoms with Crippen LogP contribution in [0.5, 0.6) is 0 Å². The first-order valence-electron chi connectivity index (χ1n) is 6.89. The van der Waals surface area contributed by atoms with Gasteiger partial charge >= 0.3 is 0 Å². The number of carbonyl (C=O) groups excluding carboxylic acids is 1. The van der Waals surface area contributed by atoms with Crippen molar-refractivity contribution in [2.45, 2.75) is 6.92 Å². The number of aliphatic hydroxyl groups is 1. The summed E-state index contributed by atoms with van der Waals surface area (Å²) >= 11 is 1.36. The minimum Gasteiger partial charge on any atom is -0.395 e. The number of tetrazole rings is 1. The van der Waals surface area contributed by atoms with E-state index in [0.717, 1.165) is 11.4 Å². The zero-order valence-electron chi connectivity index (χ0n) is 12.8. The lowest BCUT2D eigenvalue weighted by molar-refractivity contribution is 0.102.